The number of carboxylic acids is 1. The summed E-state index contributed by atoms with van der Waals surface area (Å²) in [7, 11) is -2.24. The molecular formula is C11H19N3O4S. The Balaban J connectivity index is 3.14. The zero-order valence-corrected chi connectivity index (χ0v) is 12.3. The van der Waals surface area contributed by atoms with Gasteiger partial charge in [0.05, 0.1) is 11.4 Å². The van der Waals surface area contributed by atoms with Crippen LogP contribution in [0.25, 0.3) is 0 Å². The molecule has 2 N–H and O–H groups in total. The smallest absolute Gasteiger partial charge is 0.321 e. The monoisotopic (exact) mass is 289 g/mol. The lowest BCUT2D eigenvalue weighted by Gasteiger charge is -2.14. The average molecular weight is 289 g/mol. The fraction of sp³-hybridized carbons (Fsp3) is 0.636. The molecule has 1 heterocycles. The van der Waals surface area contributed by atoms with E-state index in [4.69, 9.17) is 5.11 Å². The van der Waals surface area contributed by atoms with E-state index in [-0.39, 0.29) is 11.3 Å². The van der Waals surface area contributed by atoms with E-state index < -0.39 is 22.0 Å². The van der Waals surface area contributed by atoms with E-state index in [1.54, 1.807) is 27.8 Å². The number of nitrogens with zero attached hydrogens (tertiary/aromatic N) is 2. The Labute approximate surface area is 112 Å². The van der Waals surface area contributed by atoms with Crippen LogP contribution in [0.3, 0.4) is 0 Å². The van der Waals surface area contributed by atoms with E-state index >= 15 is 0 Å². The third kappa shape index (κ3) is 3.32. The molecule has 0 aliphatic carbocycles. The van der Waals surface area contributed by atoms with Crippen LogP contribution in [0, 0.1) is 13.8 Å². The summed E-state index contributed by atoms with van der Waals surface area (Å²) >= 11 is 0. The Morgan fingerprint density at radius 1 is 1.47 bits per heavy atom. The first-order valence-corrected chi connectivity index (χ1v) is 7.44. The van der Waals surface area contributed by atoms with Gasteiger partial charge in [-0.3, -0.25) is 9.48 Å². The van der Waals surface area contributed by atoms with E-state index in [2.05, 4.69) is 9.82 Å². The molecule has 0 aliphatic rings. The number of carboxylic acid groups (broad SMARTS) is 1. The van der Waals surface area contributed by atoms with Gasteiger partial charge in [-0.05, 0) is 20.3 Å². The molecule has 1 aromatic rings. The van der Waals surface area contributed by atoms with E-state index in [9.17, 15) is 13.2 Å². The van der Waals surface area contributed by atoms with Gasteiger partial charge >= 0.3 is 5.97 Å². The lowest BCUT2D eigenvalue weighted by Crippen LogP contribution is -2.40. The van der Waals surface area contributed by atoms with Crippen molar-refractivity contribution in [1.29, 1.82) is 0 Å². The highest BCUT2D eigenvalue weighted by Gasteiger charge is 2.29. The van der Waals surface area contributed by atoms with Crippen molar-refractivity contribution in [3.63, 3.8) is 0 Å². The lowest BCUT2D eigenvalue weighted by atomic mass is 10.2. The van der Waals surface area contributed by atoms with Crippen LogP contribution in [-0.4, -0.2) is 35.3 Å². The zero-order chi connectivity index (χ0) is 14.8. The number of aliphatic carboxylic acids is 1. The number of aromatic nitrogens is 2. The number of hydrogen-bond acceptors (Lipinski definition) is 4. The number of hydrogen-bond donors (Lipinski definition) is 2. The van der Waals surface area contributed by atoms with Crippen LogP contribution in [-0.2, 0) is 21.9 Å². The van der Waals surface area contributed by atoms with E-state index in [0.29, 0.717) is 17.8 Å². The molecule has 7 nitrogen and oxygen atoms in total. The molecule has 8 heteroatoms. The van der Waals surface area contributed by atoms with Crippen LogP contribution in [0.4, 0.5) is 0 Å². The van der Waals surface area contributed by atoms with Gasteiger partial charge in [0.1, 0.15) is 10.9 Å². The molecule has 1 rings (SSSR count). The maximum atomic E-state index is 12.2. The third-order valence-corrected chi connectivity index (χ3v) is 4.61. The topological polar surface area (TPSA) is 101 Å². The van der Waals surface area contributed by atoms with Gasteiger partial charge in [-0.1, -0.05) is 13.3 Å². The second kappa shape index (κ2) is 5.70. The fourth-order valence-electron chi connectivity index (χ4n) is 1.91. The minimum absolute atomic E-state index is 0.0531. The van der Waals surface area contributed by atoms with E-state index in [0.717, 1.165) is 0 Å². The Morgan fingerprint density at radius 3 is 2.42 bits per heavy atom. The van der Waals surface area contributed by atoms with E-state index in [1.165, 1.54) is 4.68 Å². The quantitative estimate of drug-likeness (QED) is 0.797. The molecule has 0 amide bonds. The molecule has 1 atom stereocenters. The second-order valence-corrected chi connectivity index (χ2v) is 6.08. The second-order valence-electron chi connectivity index (χ2n) is 4.42. The summed E-state index contributed by atoms with van der Waals surface area (Å²) in [5.41, 5.74) is 0.832. The lowest BCUT2D eigenvalue weighted by molar-refractivity contribution is -0.139. The SMILES string of the molecule is CCC[C@H](NS(=O)(=O)c1c(C)nn(C)c1C)C(=O)O. The predicted molar refractivity (Wildman–Crippen MR) is 69.3 cm³/mol. The average Bonchev–Trinajstić information content (AvgIpc) is 2.52. The molecule has 108 valence electrons. The number of carbonyl (C=O) groups is 1. The van der Waals surface area contributed by atoms with Crippen molar-refractivity contribution < 1.29 is 18.3 Å². The molecule has 1 aromatic heterocycles. The van der Waals surface area contributed by atoms with Crippen molar-refractivity contribution in [2.24, 2.45) is 7.05 Å². The van der Waals surface area contributed by atoms with Gasteiger partial charge in [0.2, 0.25) is 10.0 Å². The van der Waals surface area contributed by atoms with Crippen LogP contribution in [0.15, 0.2) is 4.90 Å². The molecular weight excluding hydrogens is 270 g/mol. The molecule has 0 fully saturated rings. The maximum absolute atomic E-state index is 12.2. The Kier molecular flexibility index (Phi) is 4.70. The molecule has 0 aromatic carbocycles. The van der Waals surface area contributed by atoms with Crippen molar-refractivity contribution >= 4 is 16.0 Å². The van der Waals surface area contributed by atoms with Gasteiger partial charge in [-0.15, -0.1) is 0 Å². The van der Waals surface area contributed by atoms with Crippen molar-refractivity contribution in [1.82, 2.24) is 14.5 Å². The van der Waals surface area contributed by atoms with Crippen LogP contribution in [0.5, 0.6) is 0 Å². The molecule has 0 spiro atoms. The summed E-state index contributed by atoms with van der Waals surface area (Å²) in [5, 5.41) is 13.0. The first-order chi connectivity index (χ1) is 8.70. The van der Waals surface area contributed by atoms with Crippen molar-refractivity contribution in [2.75, 3.05) is 0 Å². The summed E-state index contributed by atoms with van der Waals surface area (Å²) < 4.78 is 28.2. The van der Waals surface area contributed by atoms with Crippen molar-refractivity contribution in [2.45, 2.75) is 44.6 Å². The first-order valence-electron chi connectivity index (χ1n) is 5.96. The first kappa shape index (κ1) is 15.6. The minimum Gasteiger partial charge on any atom is -0.480 e. The molecule has 0 radical (unpaired) electrons. The number of aryl methyl sites for hydroxylation is 2. The molecule has 0 bridgehead atoms. The van der Waals surface area contributed by atoms with Crippen molar-refractivity contribution in [3.8, 4) is 0 Å². The molecule has 0 aliphatic heterocycles. The molecule has 0 saturated heterocycles. The standard InChI is InChI=1S/C11H19N3O4S/c1-5-6-9(11(15)16)13-19(17,18)10-7(2)12-14(4)8(10)3/h9,13H,5-6H2,1-4H3,(H,15,16)/t9-/m0/s1. The maximum Gasteiger partial charge on any atom is 0.321 e. The molecule has 0 saturated carbocycles. The molecule has 0 unspecified atom stereocenters. The molecule has 19 heavy (non-hydrogen) atoms. The highest BCUT2D eigenvalue weighted by molar-refractivity contribution is 7.89. The number of rotatable bonds is 6. The van der Waals surface area contributed by atoms with Crippen LogP contribution < -0.4 is 4.72 Å². The number of nitrogens with one attached hydrogen (secondary N) is 1. The number of sulfonamides is 1. The third-order valence-electron chi connectivity index (χ3n) is 2.88. The largest absolute Gasteiger partial charge is 0.480 e. The van der Waals surface area contributed by atoms with Gasteiger partial charge in [-0.2, -0.15) is 9.82 Å². The summed E-state index contributed by atoms with van der Waals surface area (Å²) in [5.74, 6) is -1.18. The van der Waals surface area contributed by atoms with Gasteiger partial charge < -0.3 is 5.11 Å². The fourth-order valence-corrected chi connectivity index (χ4v) is 3.57. The van der Waals surface area contributed by atoms with Crippen molar-refractivity contribution in [3.05, 3.63) is 11.4 Å². The van der Waals surface area contributed by atoms with Crippen LogP contribution >= 0.6 is 0 Å². The highest BCUT2D eigenvalue weighted by atomic mass is 32.2. The zero-order valence-electron chi connectivity index (χ0n) is 11.5. The van der Waals surface area contributed by atoms with Gasteiger partial charge in [-0.25, -0.2) is 8.42 Å². The van der Waals surface area contributed by atoms with Crippen LogP contribution in [0.2, 0.25) is 0 Å². The Bertz CT molecular complexity index is 577. The summed E-state index contributed by atoms with van der Waals surface area (Å²) in [6.07, 6.45) is 0.817. The highest BCUT2D eigenvalue weighted by Crippen LogP contribution is 2.19. The summed E-state index contributed by atoms with van der Waals surface area (Å²) in [6.45, 7) is 5.01. The van der Waals surface area contributed by atoms with E-state index in [1.807, 2.05) is 0 Å². The normalized spacial score (nSPS) is 13.5. The Morgan fingerprint density at radius 2 is 2.05 bits per heavy atom. The summed E-state index contributed by atoms with van der Waals surface area (Å²) in [4.78, 5) is 11.1. The summed E-state index contributed by atoms with van der Waals surface area (Å²) in [6, 6.07) is -1.12. The Hall–Kier alpha value is -1.41. The minimum atomic E-state index is -3.88. The van der Waals surface area contributed by atoms with Gasteiger partial charge in [0.25, 0.3) is 0 Å². The predicted octanol–water partition coefficient (Wildman–Crippen LogP) is 0.569. The van der Waals surface area contributed by atoms with Gasteiger partial charge in [0.15, 0.2) is 0 Å². The van der Waals surface area contributed by atoms with Crippen LogP contribution in [0.1, 0.15) is 31.2 Å². The van der Waals surface area contributed by atoms with Gasteiger partial charge in [0, 0.05) is 7.05 Å².